The molecule has 2 aromatic heterocycles. The number of benzene rings is 1. The van der Waals surface area contributed by atoms with Gasteiger partial charge in [-0.3, -0.25) is 13.9 Å². The molecule has 0 radical (unpaired) electrons. The summed E-state index contributed by atoms with van der Waals surface area (Å²) in [7, 11) is 2.96. The van der Waals surface area contributed by atoms with Gasteiger partial charge in [-0.25, -0.2) is 14.6 Å². The van der Waals surface area contributed by atoms with Crippen LogP contribution in [0.25, 0.3) is 17.2 Å². The maximum absolute atomic E-state index is 12.3. The van der Waals surface area contributed by atoms with Gasteiger partial charge in [0.15, 0.2) is 11.2 Å². The molecule has 8 nitrogen and oxygen atoms in total. The lowest BCUT2D eigenvalue weighted by molar-refractivity contribution is -0.137. The van der Waals surface area contributed by atoms with E-state index in [-0.39, 0.29) is 13.2 Å². The first-order chi connectivity index (χ1) is 12.5. The van der Waals surface area contributed by atoms with Gasteiger partial charge in [0.2, 0.25) is 0 Å². The maximum atomic E-state index is 12.3. The van der Waals surface area contributed by atoms with E-state index in [2.05, 4.69) is 4.98 Å². The van der Waals surface area contributed by atoms with Gasteiger partial charge in [-0.1, -0.05) is 30.3 Å². The lowest BCUT2D eigenvalue weighted by Gasteiger charge is -2.06. The van der Waals surface area contributed by atoms with Crippen LogP contribution in [0.5, 0.6) is 0 Å². The van der Waals surface area contributed by atoms with E-state index >= 15 is 0 Å². The number of esters is 1. The van der Waals surface area contributed by atoms with Gasteiger partial charge >= 0.3 is 11.7 Å². The van der Waals surface area contributed by atoms with E-state index in [0.717, 1.165) is 10.1 Å². The molecule has 0 aliphatic carbocycles. The third-order valence-corrected chi connectivity index (χ3v) is 4.01. The highest BCUT2D eigenvalue weighted by atomic mass is 16.5. The maximum Gasteiger partial charge on any atom is 0.332 e. The number of aryl methyl sites for hydroxylation is 1. The fraction of sp³-hybridized carbons (Fsp3) is 0.222. The van der Waals surface area contributed by atoms with E-state index < -0.39 is 17.2 Å². The second-order valence-electron chi connectivity index (χ2n) is 5.73. The van der Waals surface area contributed by atoms with Gasteiger partial charge in [0.05, 0.1) is 12.9 Å². The molecule has 0 atom stereocenters. The molecule has 0 bridgehead atoms. The zero-order valence-electron chi connectivity index (χ0n) is 14.5. The normalized spacial score (nSPS) is 11.3. The number of hydrogen-bond donors (Lipinski definition) is 0. The second kappa shape index (κ2) is 7.22. The number of carbonyl (C=O) groups excluding carboxylic acids is 1. The first-order valence-corrected chi connectivity index (χ1v) is 8.00. The highest BCUT2D eigenvalue weighted by Crippen LogP contribution is 2.05. The Kier molecular flexibility index (Phi) is 4.83. The molecule has 0 N–H and O–H groups in total. The van der Waals surface area contributed by atoms with Crippen molar-refractivity contribution >= 4 is 23.2 Å². The van der Waals surface area contributed by atoms with Crippen LogP contribution >= 0.6 is 0 Å². The summed E-state index contributed by atoms with van der Waals surface area (Å²) in [6.45, 7) is 0.338. The molecule has 0 saturated carbocycles. The van der Waals surface area contributed by atoms with Gasteiger partial charge in [0.25, 0.3) is 5.56 Å². The Bertz CT molecular complexity index is 1090. The van der Waals surface area contributed by atoms with Crippen molar-refractivity contribution in [3.63, 3.8) is 0 Å². The molecule has 2 heterocycles. The standard InChI is InChI=1S/C18H18N4O4/c1-20-16-15(17(24)21(2)18(20)25)22(12-19-16)10-11-26-14(23)9-8-13-6-4-3-5-7-13/h3-9,12H,10-11H2,1-2H3/b9-8+. The zero-order chi connectivity index (χ0) is 18.7. The molecular weight excluding hydrogens is 336 g/mol. The van der Waals surface area contributed by atoms with Crippen LogP contribution < -0.4 is 11.2 Å². The van der Waals surface area contributed by atoms with Crippen LogP contribution in [0, 0.1) is 0 Å². The Hall–Kier alpha value is -3.42. The molecule has 0 fully saturated rings. The van der Waals surface area contributed by atoms with Crippen LogP contribution in [0.1, 0.15) is 5.56 Å². The van der Waals surface area contributed by atoms with Gasteiger partial charge in [-0.05, 0) is 11.6 Å². The number of nitrogens with zero attached hydrogens (tertiary/aromatic N) is 4. The Morgan fingerprint density at radius 2 is 1.88 bits per heavy atom. The lowest BCUT2D eigenvalue weighted by Crippen LogP contribution is -2.37. The van der Waals surface area contributed by atoms with Gasteiger partial charge in [-0.15, -0.1) is 0 Å². The summed E-state index contributed by atoms with van der Waals surface area (Å²) < 4.78 is 9.06. The van der Waals surface area contributed by atoms with E-state index in [0.29, 0.717) is 11.2 Å². The Balaban J connectivity index is 1.69. The minimum atomic E-state index is -0.474. The minimum Gasteiger partial charge on any atom is -0.461 e. The number of rotatable bonds is 5. The Morgan fingerprint density at radius 3 is 2.62 bits per heavy atom. The molecule has 8 heteroatoms. The molecule has 0 aliphatic heterocycles. The topological polar surface area (TPSA) is 88.1 Å². The molecule has 134 valence electrons. The van der Waals surface area contributed by atoms with Gasteiger partial charge in [0.1, 0.15) is 6.61 Å². The van der Waals surface area contributed by atoms with Crippen molar-refractivity contribution in [3.05, 3.63) is 69.1 Å². The summed E-state index contributed by atoms with van der Waals surface area (Å²) in [5, 5.41) is 0. The van der Waals surface area contributed by atoms with Crippen LogP contribution in [0.15, 0.2) is 52.3 Å². The number of fused-ring (bicyclic) bond motifs is 1. The van der Waals surface area contributed by atoms with E-state index in [4.69, 9.17) is 4.74 Å². The quantitative estimate of drug-likeness (QED) is 0.497. The smallest absolute Gasteiger partial charge is 0.332 e. The van der Waals surface area contributed by atoms with Crippen LogP contribution in [0.2, 0.25) is 0 Å². The molecule has 3 aromatic rings. The predicted octanol–water partition coefficient (Wildman–Crippen LogP) is 0.690. The monoisotopic (exact) mass is 354 g/mol. The third kappa shape index (κ3) is 3.34. The van der Waals surface area contributed by atoms with E-state index in [1.807, 2.05) is 30.3 Å². The van der Waals surface area contributed by atoms with E-state index in [1.54, 1.807) is 17.7 Å². The summed E-state index contributed by atoms with van der Waals surface area (Å²) in [6.07, 6.45) is 4.48. The summed E-state index contributed by atoms with van der Waals surface area (Å²) in [6, 6.07) is 9.40. The fourth-order valence-corrected chi connectivity index (χ4v) is 2.59. The first kappa shape index (κ1) is 17.4. The Morgan fingerprint density at radius 1 is 1.15 bits per heavy atom. The average molecular weight is 354 g/mol. The summed E-state index contributed by atoms with van der Waals surface area (Å²) in [4.78, 5) is 40.1. The van der Waals surface area contributed by atoms with Gasteiger partial charge < -0.3 is 9.30 Å². The van der Waals surface area contributed by atoms with Crippen molar-refractivity contribution in [3.8, 4) is 0 Å². The summed E-state index contributed by atoms with van der Waals surface area (Å²) in [5.74, 6) is -0.474. The molecule has 26 heavy (non-hydrogen) atoms. The number of ether oxygens (including phenoxy) is 1. The van der Waals surface area contributed by atoms with Crippen LogP contribution in [-0.2, 0) is 30.2 Å². The number of imidazole rings is 1. The molecule has 0 aliphatic rings. The Labute approximate surface area is 148 Å². The lowest BCUT2D eigenvalue weighted by atomic mass is 10.2. The predicted molar refractivity (Wildman–Crippen MR) is 96.7 cm³/mol. The van der Waals surface area contributed by atoms with Crippen LogP contribution in [-0.4, -0.2) is 31.3 Å². The van der Waals surface area contributed by atoms with Crippen molar-refractivity contribution in [2.24, 2.45) is 14.1 Å². The molecular formula is C18H18N4O4. The highest BCUT2D eigenvalue weighted by molar-refractivity contribution is 5.87. The van der Waals surface area contributed by atoms with Crippen LogP contribution in [0.3, 0.4) is 0 Å². The third-order valence-electron chi connectivity index (χ3n) is 4.01. The summed E-state index contributed by atoms with van der Waals surface area (Å²) in [5.41, 5.74) is 0.620. The first-order valence-electron chi connectivity index (χ1n) is 8.00. The van der Waals surface area contributed by atoms with Crippen LogP contribution in [0.4, 0.5) is 0 Å². The van der Waals surface area contributed by atoms with Gasteiger partial charge in [-0.2, -0.15) is 0 Å². The van der Waals surface area contributed by atoms with Crippen molar-refractivity contribution in [1.82, 2.24) is 18.7 Å². The molecule has 0 saturated heterocycles. The van der Waals surface area contributed by atoms with Gasteiger partial charge in [0, 0.05) is 20.2 Å². The molecule has 0 spiro atoms. The fourth-order valence-electron chi connectivity index (χ4n) is 2.59. The summed E-state index contributed by atoms with van der Waals surface area (Å²) >= 11 is 0. The minimum absolute atomic E-state index is 0.0788. The van der Waals surface area contributed by atoms with E-state index in [1.165, 1.54) is 24.0 Å². The van der Waals surface area contributed by atoms with E-state index in [9.17, 15) is 14.4 Å². The molecule has 0 unspecified atom stereocenters. The molecule has 3 rings (SSSR count). The molecule has 0 amide bonds. The van der Waals surface area contributed by atoms with Crippen molar-refractivity contribution in [2.75, 3.05) is 6.61 Å². The SMILES string of the molecule is Cn1c(=O)c2c(ncn2CCOC(=O)/C=C/c2ccccc2)n(C)c1=O. The number of aromatic nitrogens is 4. The largest absolute Gasteiger partial charge is 0.461 e. The molecule has 1 aromatic carbocycles. The second-order valence-corrected chi connectivity index (χ2v) is 5.73. The highest BCUT2D eigenvalue weighted by Gasteiger charge is 2.14. The van der Waals surface area contributed by atoms with Crippen molar-refractivity contribution in [1.29, 1.82) is 0 Å². The zero-order valence-corrected chi connectivity index (χ0v) is 14.5. The average Bonchev–Trinajstić information content (AvgIpc) is 3.08. The number of hydrogen-bond acceptors (Lipinski definition) is 5. The van der Waals surface area contributed by atoms with Crippen molar-refractivity contribution in [2.45, 2.75) is 6.54 Å². The van der Waals surface area contributed by atoms with Crippen molar-refractivity contribution < 1.29 is 9.53 Å². The number of carbonyl (C=O) groups is 1.